The van der Waals surface area contributed by atoms with Crippen LogP contribution in [0, 0.1) is 22.7 Å². The minimum Gasteiger partial charge on any atom is -0.192 e. The van der Waals surface area contributed by atoms with Gasteiger partial charge in [-0.1, -0.05) is 19.1 Å². The lowest BCUT2D eigenvalue weighted by molar-refractivity contribution is 1.22. The fourth-order valence-electron chi connectivity index (χ4n) is 0.400. The van der Waals surface area contributed by atoms with Crippen molar-refractivity contribution in [2.24, 2.45) is 0 Å². The van der Waals surface area contributed by atoms with E-state index in [0.29, 0.717) is 0 Å². The molecule has 0 aliphatic rings. The lowest BCUT2D eigenvalue weighted by Gasteiger charge is -1.75. The zero-order chi connectivity index (χ0) is 7.82. The van der Waals surface area contributed by atoms with E-state index in [9.17, 15) is 0 Å². The van der Waals surface area contributed by atoms with Crippen molar-refractivity contribution in [2.75, 3.05) is 0 Å². The Morgan fingerprint density at radius 3 is 2.40 bits per heavy atom. The topological polar surface area (TPSA) is 47.6 Å². The van der Waals surface area contributed by atoms with E-state index in [2.05, 4.69) is 0 Å². The molecule has 0 saturated carbocycles. The van der Waals surface area contributed by atoms with E-state index in [4.69, 9.17) is 10.5 Å². The molecule has 0 amide bonds. The number of rotatable bonds is 2. The van der Waals surface area contributed by atoms with Crippen LogP contribution in [0.2, 0.25) is 0 Å². The van der Waals surface area contributed by atoms with Crippen LogP contribution in [0.1, 0.15) is 13.3 Å². The zero-order valence-electron chi connectivity index (χ0n) is 5.83. The van der Waals surface area contributed by atoms with Gasteiger partial charge in [-0.25, -0.2) is 0 Å². The lowest BCUT2D eigenvalue weighted by atomic mass is 10.3. The monoisotopic (exact) mass is 132 g/mol. The summed E-state index contributed by atoms with van der Waals surface area (Å²) in [5.41, 5.74) is 0.143. The van der Waals surface area contributed by atoms with Gasteiger partial charge >= 0.3 is 0 Å². The summed E-state index contributed by atoms with van der Waals surface area (Å²) in [7, 11) is 0. The van der Waals surface area contributed by atoms with Crippen LogP contribution in [0.25, 0.3) is 0 Å². The van der Waals surface area contributed by atoms with E-state index in [0.717, 1.165) is 6.42 Å². The Hall–Kier alpha value is -1.54. The largest absolute Gasteiger partial charge is 0.192 e. The second kappa shape index (κ2) is 5.59. The average Bonchev–Trinajstić information content (AvgIpc) is 1.99. The highest BCUT2D eigenvalue weighted by Crippen LogP contribution is 1.90. The summed E-state index contributed by atoms with van der Waals surface area (Å²) in [5, 5.41) is 16.5. The minimum absolute atomic E-state index is 0.143. The zero-order valence-corrected chi connectivity index (χ0v) is 5.83. The Labute approximate surface area is 60.7 Å². The van der Waals surface area contributed by atoms with Crippen molar-refractivity contribution < 1.29 is 0 Å². The molecule has 0 aromatic rings. The van der Waals surface area contributed by atoms with Crippen molar-refractivity contribution in [3.63, 3.8) is 0 Å². The van der Waals surface area contributed by atoms with Crippen molar-refractivity contribution in [2.45, 2.75) is 13.3 Å². The molecule has 0 aliphatic heterocycles. The fraction of sp³-hybridized carbons (Fsp3) is 0.250. The van der Waals surface area contributed by atoms with Crippen molar-refractivity contribution in [1.29, 1.82) is 10.5 Å². The molecule has 50 valence electrons. The molecule has 10 heavy (non-hydrogen) atoms. The number of allylic oxidation sites excluding steroid dienone is 4. The highest BCUT2D eigenvalue weighted by Gasteiger charge is 1.84. The van der Waals surface area contributed by atoms with E-state index in [-0.39, 0.29) is 5.57 Å². The Bertz CT molecular complexity index is 207. The molecule has 0 spiro atoms. The van der Waals surface area contributed by atoms with Gasteiger partial charge in [0.2, 0.25) is 0 Å². The summed E-state index contributed by atoms with van der Waals surface area (Å²) in [6.45, 7) is 1.99. The smallest absolute Gasteiger partial charge is 0.129 e. The van der Waals surface area contributed by atoms with Gasteiger partial charge in [0.15, 0.2) is 0 Å². The third-order valence-corrected chi connectivity index (χ3v) is 0.876. The molecule has 0 unspecified atom stereocenters. The fourth-order valence-corrected chi connectivity index (χ4v) is 0.400. The molecule has 0 rings (SSSR count). The first kappa shape index (κ1) is 8.46. The average molecular weight is 132 g/mol. The van der Waals surface area contributed by atoms with Crippen LogP contribution < -0.4 is 0 Å². The normalized spacial score (nSPS) is 8.30. The first-order valence-corrected chi connectivity index (χ1v) is 3.02. The molecule has 0 aromatic heterocycles. The molecule has 2 heteroatoms. The standard InChI is InChI=1S/C8H8N2/c1-2-3-4-5-8(6-9)7-10/h3-5H,2H2,1H3/b4-3+. The Balaban J connectivity index is 4.07. The summed E-state index contributed by atoms with van der Waals surface area (Å²) in [4.78, 5) is 0. The first-order chi connectivity index (χ1) is 4.85. The molecule has 0 saturated heterocycles. The lowest BCUT2D eigenvalue weighted by Crippen LogP contribution is -1.67. The van der Waals surface area contributed by atoms with Crippen LogP contribution >= 0.6 is 0 Å². The van der Waals surface area contributed by atoms with Crippen molar-refractivity contribution in [3.05, 3.63) is 23.8 Å². The predicted octanol–water partition coefficient (Wildman–Crippen LogP) is 1.93. The molecule has 0 atom stereocenters. The van der Waals surface area contributed by atoms with Crippen molar-refractivity contribution in [1.82, 2.24) is 0 Å². The predicted molar refractivity (Wildman–Crippen MR) is 38.7 cm³/mol. The van der Waals surface area contributed by atoms with Crippen LogP contribution in [0.15, 0.2) is 23.8 Å². The van der Waals surface area contributed by atoms with Crippen LogP contribution in [0.3, 0.4) is 0 Å². The van der Waals surface area contributed by atoms with Gasteiger partial charge in [-0.05, 0) is 12.5 Å². The number of hydrogen-bond donors (Lipinski definition) is 0. The minimum atomic E-state index is 0.143. The molecule has 0 aliphatic carbocycles. The Morgan fingerprint density at radius 1 is 1.40 bits per heavy atom. The quantitative estimate of drug-likeness (QED) is 0.425. The highest BCUT2D eigenvalue weighted by atomic mass is 14.3. The van der Waals surface area contributed by atoms with Gasteiger partial charge in [0.05, 0.1) is 0 Å². The maximum absolute atomic E-state index is 8.25. The van der Waals surface area contributed by atoms with Gasteiger partial charge in [-0.2, -0.15) is 10.5 Å². The third kappa shape index (κ3) is 3.46. The summed E-state index contributed by atoms with van der Waals surface area (Å²) in [6.07, 6.45) is 6.01. The number of hydrogen-bond acceptors (Lipinski definition) is 2. The van der Waals surface area contributed by atoms with E-state index >= 15 is 0 Å². The maximum atomic E-state index is 8.25. The summed E-state index contributed by atoms with van der Waals surface area (Å²) >= 11 is 0. The summed E-state index contributed by atoms with van der Waals surface area (Å²) in [5.74, 6) is 0. The Kier molecular flexibility index (Phi) is 4.73. The molecular weight excluding hydrogens is 124 g/mol. The second-order valence-corrected chi connectivity index (χ2v) is 1.64. The van der Waals surface area contributed by atoms with Gasteiger partial charge in [0, 0.05) is 0 Å². The van der Waals surface area contributed by atoms with Crippen LogP contribution in [0.4, 0.5) is 0 Å². The van der Waals surface area contributed by atoms with E-state index in [1.807, 2.05) is 13.0 Å². The highest BCUT2D eigenvalue weighted by molar-refractivity contribution is 5.37. The van der Waals surface area contributed by atoms with Gasteiger partial charge in [-0.3, -0.25) is 0 Å². The SMILES string of the molecule is CC/C=C/C=C(C#N)C#N. The van der Waals surface area contributed by atoms with E-state index in [1.165, 1.54) is 6.08 Å². The van der Waals surface area contributed by atoms with Gasteiger partial charge < -0.3 is 0 Å². The molecule has 0 N–H and O–H groups in total. The van der Waals surface area contributed by atoms with Gasteiger partial charge in [0.1, 0.15) is 17.7 Å². The molecule has 0 heterocycles. The number of nitrogens with zero attached hydrogens (tertiary/aromatic N) is 2. The van der Waals surface area contributed by atoms with E-state index in [1.54, 1.807) is 18.2 Å². The summed E-state index contributed by atoms with van der Waals surface area (Å²) < 4.78 is 0. The molecule has 0 bridgehead atoms. The van der Waals surface area contributed by atoms with Crippen LogP contribution in [0.5, 0.6) is 0 Å². The van der Waals surface area contributed by atoms with Crippen molar-refractivity contribution in [3.8, 4) is 12.1 Å². The summed E-state index contributed by atoms with van der Waals surface area (Å²) in [6, 6.07) is 3.52. The molecular formula is C8H8N2. The maximum Gasteiger partial charge on any atom is 0.129 e. The molecule has 0 radical (unpaired) electrons. The van der Waals surface area contributed by atoms with Crippen LogP contribution in [-0.4, -0.2) is 0 Å². The van der Waals surface area contributed by atoms with Gasteiger partial charge in [0.25, 0.3) is 0 Å². The number of nitriles is 2. The van der Waals surface area contributed by atoms with Gasteiger partial charge in [-0.15, -0.1) is 0 Å². The molecule has 0 fully saturated rings. The third-order valence-electron chi connectivity index (χ3n) is 0.876. The van der Waals surface area contributed by atoms with E-state index < -0.39 is 0 Å². The first-order valence-electron chi connectivity index (χ1n) is 3.02. The van der Waals surface area contributed by atoms with Crippen molar-refractivity contribution >= 4 is 0 Å². The Morgan fingerprint density at radius 2 is 2.00 bits per heavy atom. The molecule has 0 aromatic carbocycles. The second-order valence-electron chi connectivity index (χ2n) is 1.64. The molecule has 2 nitrogen and oxygen atoms in total. The van der Waals surface area contributed by atoms with Crippen LogP contribution in [-0.2, 0) is 0 Å².